The van der Waals surface area contributed by atoms with E-state index in [4.69, 9.17) is 19.3 Å². The zero-order chi connectivity index (χ0) is 15.3. The second-order valence-corrected chi connectivity index (χ2v) is 3.96. The molecule has 1 aromatic rings. The number of ether oxygens (including phenoxy) is 3. The van der Waals surface area contributed by atoms with Crippen LogP contribution >= 0.6 is 0 Å². The number of rotatable bonds is 6. The monoisotopic (exact) mass is 283 g/mol. The summed E-state index contributed by atoms with van der Waals surface area (Å²) in [5.74, 6) is -0.516. The fourth-order valence-electron chi connectivity index (χ4n) is 1.68. The van der Waals surface area contributed by atoms with Crippen molar-refractivity contribution in [2.45, 2.75) is 0 Å². The Balaban J connectivity index is 3.21. The number of benzene rings is 1. The van der Waals surface area contributed by atoms with Crippen molar-refractivity contribution in [3.63, 3.8) is 0 Å². The molecule has 20 heavy (non-hydrogen) atoms. The summed E-state index contributed by atoms with van der Waals surface area (Å²) in [6.45, 7) is -0.406. The summed E-state index contributed by atoms with van der Waals surface area (Å²) in [6.07, 6.45) is 0. The topological polar surface area (TPSA) is 85.3 Å². The van der Waals surface area contributed by atoms with Crippen LogP contribution in [0.1, 0.15) is 10.4 Å². The van der Waals surface area contributed by atoms with E-state index in [1.165, 1.54) is 40.5 Å². The van der Waals surface area contributed by atoms with E-state index in [0.29, 0.717) is 11.5 Å². The van der Waals surface area contributed by atoms with Gasteiger partial charge in [-0.2, -0.15) is 0 Å². The zero-order valence-corrected chi connectivity index (χ0v) is 11.8. The molecule has 0 fully saturated rings. The molecule has 1 aromatic carbocycles. The first-order valence-corrected chi connectivity index (χ1v) is 5.71. The molecule has 1 amide bonds. The summed E-state index contributed by atoms with van der Waals surface area (Å²) in [4.78, 5) is 23.9. The molecule has 110 valence electrons. The molecule has 0 heterocycles. The van der Waals surface area contributed by atoms with Crippen molar-refractivity contribution in [3.05, 3.63) is 17.7 Å². The summed E-state index contributed by atoms with van der Waals surface area (Å²) in [6, 6.07) is 2.97. The molecule has 0 saturated heterocycles. The molecule has 0 spiro atoms. The highest BCUT2D eigenvalue weighted by atomic mass is 16.5. The van der Waals surface area contributed by atoms with Gasteiger partial charge in [0.15, 0.2) is 11.5 Å². The van der Waals surface area contributed by atoms with E-state index in [1.54, 1.807) is 0 Å². The van der Waals surface area contributed by atoms with Crippen LogP contribution < -0.4 is 14.2 Å². The number of nitrogens with zero attached hydrogens (tertiary/aromatic N) is 1. The SMILES string of the molecule is COc1cc(OC)c(C(=O)N(C)CC(=O)O)cc1OC. The van der Waals surface area contributed by atoms with E-state index >= 15 is 0 Å². The molecule has 0 unspecified atom stereocenters. The molecule has 0 aromatic heterocycles. The molecular formula is C13H17NO6. The lowest BCUT2D eigenvalue weighted by Crippen LogP contribution is -2.32. The van der Waals surface area contributed by atoms with Crippen molar-refractivity contribution in [1.29, 1.82) is 0 Å². The quantitative estimate of drug-likeness (QED) is 0.833. The zero-order valence-electron chi connectivity index (χ0n) is 11.8. The van der Waals surface area contributed by atoms with Gasteiger partial charge in [0.25, 0.3) is 5.91 Å². The molecule has 0 radical (unpaired) electrons. The second-order valence-electron chi connectivity index (χ2n) is 3.96. The molecular weight excluding hydrogens is 266 g/mol. The van der Waals surface area contributed by atoms with E-state index < -0.39 is 18.4 Å². The maximum atomic E-state index is 12.2. The highest BCUT2D eigenvalue weighted by Gasteiger charge is 2.21. The average molecular weight is 283 g/mol. The third-order valence-corrected chi connectivity index (χ3v) is 2.66. The van der Waals surface area contributed by atoms with Crippen LogP contribution in [0.2, 0.25) is 0 Å². The van der Waals surface area contributed by atoms with Crippen molar-refractivity contribution < 1.29 is 28.9 Å². The molecule has 0 aliphatic rings. The Kier molecular flexibility index (Phi) is 5.19. The van der Waals surface area contributed by atoms with Gasteiger partial charge in [-0.3, -0.25) is 9.59 Å². The average Bonchev–Trinajstić information content (AvgIpc) is 2.44. The molecule has 7 heteroatoms. The number of aliphatic carboxylic acids is 1. The minimum atomic E-state index is -1.10. The highest BCUT2D eigenvalue weighted by molar-refractivity contribution is 5.99. The second kappa shape index (κ2) is 6.65. The molecule has 1 rings (SSSR count). The first-order valence-electron chi connectivity index (χ1n) is 5.71. The van der Waals surface area contributed by atoms with Crippen molar-refractivity contribution in [2.24, 2.45) is 0 Å². The Labute approximate surface area is 116 Å². The maximum absolute atomic E-state index is 12.2. The number of hydrogen-bond donors (Lipinski definition) is 1. The molecule has 0 bridgehead atoms. The minimum Gasteiger partial charge on any atom is -0.496 e. The normalized spacial score (nSPS) is 9.80. The minimum absolute atomic E-state index is 0.203. The lowest BCUT2D eigenvalue weighted by atomic mass is 10.1. The number of amides is 1. The summed E-state index contributed by atoms with van der Waals surface area (Å²) < 4.78 is 15.4. The van der Waals surface area contributed by atoms with Crippen LogP contribution in [0.15, 0.2) is 12.1 Å². The van der Waals surface area contributed by atoms with Crippen LogP contribution in [-0.2, 0) is 4.79 Å². The first kappa shape index (κ1) is 15.6. The predicted octanol–water partition coefficient (Wildman–Crippen LogP) is 0.869. The van der Waals surface area contributed by atoms with E-state index in [-0.39, 0.29) is 11.3 Å². The van der Waals surface area contributed by atoms with Gasteiger partial charge in [0.05, 0.1) is 26.9 Å². The third kappa shape index (κ3) is 3.31. The number of hydrogen-bond acceptors (Lipinski definition) is 5. The van der Waals surface area contributed by atoms with Crippen molar-refractivity contribution in [2.75, 3.05) is 34.9 Å². The smallest absolute Gasteiger partial charge is 0.323 e. The Morgan fingerprint density at radius 2 is 1.55 bits per heavy atom. The van der Waals surface area contributed by atoms with Gasteiger partial charge < -0.3 is 24.2 Å². The molecule has 0 atom stereocenters. The van der Waals surface area contributed by atoms with E-state index in [9.17, 15) is 9.59 Å². The third-order valence-electron chi connectivity index (χ3n) is 2.66. The van der Waals surface area contributed by atoms with Crippen molar-refractivity contribution in [3.8, 4) is 17.2 Å². The molecule has 0 aliphatic carbocycles. The molecule has 0 saturated carbocycles. The van der Waals surface area contributed by atoms with Crippen LogP contribution in [0, 0.1) is 0 Å². The van der Waals surface area contributed by atoms with E-state index in [2.05, 4.69) is 0 Å². The van der Waals surface area contributed by atoms with Gasteiger partial charge in [0, 0.05) is 19.2 Å². The first-order chi connectivity index (χ1) is 9.44. The van der Waals surface area contributed by atoms with Crippen LogP contribution in [-0.4, -0.2) is 56.8 Å². The Morgan fingerprint density at radius 3 is 2.00 bits per heavy atom. The van der Waals surface area contributed by atoms with E-state index in [0.717, 1.165) is 4.90 Å². The predicted molar refractivity (Wildman–Crippen MR) is 70.7 cm³/mol. The van der Waals surface area contributed by atoms with Gasteiger partial charge in [-0.05, 0) is 0 Å². The number of carbonyl (C=O) groups excluding carboxylic acids is 1. The van der Waals surface area contributed by atoms with Crippen LogP contribution in [0.4, 0.5) is 0 Å². The van der Waals surface area contributed by atoms with Gasteiger partial charge in [-0.25, -0.2) is 0 Å². The standard InChI is InChI=1S/C13H17NO6/c1-14(7-12(15)16)13(17)8-5-10(19-3)11(20-4)6-9(8)18-2/h5-6H,7H2,1-4H3,(H,15,16). The molecule has 0 aliphatic heterocycles. The molecule has 1 N–H and O–H groups in total. The summed E-state index contributed by atoms with van der Waals surface area (Å²) in [7, 11) is 5.72. The number of methoxy groups -OCH3 is 3. The van der Waals surface area contributed by atoms with E-state index in [1.807, 2.05) is 0 Å². The van der Waals surface area contributed by atoms with Gasteiger partial charge in [0.1, 0.15) is 12.3 Å². The highest BCUT2D eigenvalue weighted by Crippen LogP contribution is 2.35. The van der Waals surface area contributed by atoms with Gasteiger partial charge in [-0.1, -0.05) is 0 Å². The van der Waals surface area contributed by atoms with Crippen molar-refractivity contribution >= 4 is 11.9 Å². The largest absolute Gasteiger partial charge is 0.496 e. The summed E-state index contributed by atoms with van der Waals surface area (Å²) in [5.41, 5.74) is 0.203. The Morgan fingerprint density at radius 1 is 1.05 bits per heavy atom. The number of carboxylic acid groups (broad SMARTS) is 1. The fraction of sp³-hybridized carbons (Fsp3) is 0.385. The van der Waals surface area contributed by atoms with Crippen LogP contribution in [0.25, 0.3) is 0 Å². The Bertz CT molecular complexity index is 514. The number of carbonyl (C=O) groups is 2. The summed E-state index contributed by atoms with van der Waals surface area (Å²) >= 11 is 0. The van der Waals surface area contributed by atoms with Crippen LogP contribution in [0.5, 0.6) is 17.2 Å². The summed E-state index contributed by atoms with van der Waals surface area (Å²) in [5, 5.41) is 8.72. The van der Waals surface area contributed by atoms with Gasteiger partial charge in [-0.15, -0.1) is 0 Å². The molecule has 7 nitrogen and oxygen atoms in total. The van der Waals surface area contributed by atoms with Gasteiger partial charge >= 0.3 is 5.97 Å². The lowest BCUT2D eigenvalue weighted by Gasteiger charge is -2.18. The van der Waals surface area contributed by atoms with Crippen molar-refractivity contribution in [1.82, 2.24) is 4.90 Å². The van der Waals surface area contributed by atoms with Gasteiger partial charge in [0.2, 0.25) is 0 Å². The van der Waals surface area contributed by atoms with Crippen LogP contribution in [0.3, 0.4) is 0 Å². The lowest BCUT2D eigenvalue weighted by molar-refractivity contribution is -0.137. The fourth-order valence-corrected chi connectivity index (χ4v) is 1.68. The number of carboxylic acids is 1. The Hall–Kier alpha value is -2.44. The number of likely N-dealkylation sites (N-methyl/N-ethyl adjacent to an activating group) is 1. The maximum Gasteiger partial charge on any atom is 0.323 e.